The van der Waals surface area contributed by atoms with Crippen molar-refractivity contribution >= 4 is 17.2 Å². The molecule has 2 fully saturated rings. The summed E-state index contributed by atoms with van der Waals surface area (Å²) in [6.07, 6.45) is 6.45. The molecule has 2 aliphatic heterocycles. The molecule has 4 nitrogen and oxygen atoms in total. The number of piperidine rings is 1. The number of aliphatic hydroxyl groups is 1. The summed E-state index contributed by atoms with van der Waals surface area (Å²) in [5, 5.41) is 12.3. The van der Waals surface area contributed by atoms with Crippen LogP contribution in [0.3, 0.4) is 0 Å². The second-order valence-electron chi connectivity index (χ2n) is 6.87. The summed E-state index contributed by atoms with van der Waals surface area (Å²) in [5.41, 5.74) is 0. The number of carbonyl (C=O) groups is 1. The van der Waals surface area contributed by atoms with E-state index in [2.05, 4.69) is 9.80 Å². The molecule has 128 valence electrons. The van der Waals surface area contributed by atoms with Gasteiger partial charge in [0, 0.05) is 31.1 Å². The molecular formula is C18H28N2O2S. The summed E-state index contributed by atoms with van der Waals surface area (Å²) in [4.78, 5) is 18.2. The number of carbonyl (C=O) groups excluding carboxylic acids is 1. The molecule has 1 aromatic rings. The lowest BCUT2D eigenvalue weighted by atomic mass is 9.96. The Bertz CT molecular complexity index is 483. The Morgan fingerprint density at radius 2 is 2.00 bits per heavy atom. The molecule has 1 amide bonds. The van der Waals surface area contributed by atoms with E-state index in [-0.39, 0.29) is 5.92 Å². The molecule has 23 heavy (non-hydrogen) atoms. The summed E-state index contributed by atoms with van der Waals surface area (Å²) in [5.74, 6) is 0.472. The van der Waals surface area contributed by atoms with Crippen LogP contribution >= 0.6 is 11.3 Å². The van der Waals surface area contributed by atoms with Crippen molar-refractivity contribution in [2.45, 2.75) is 44.6 Å². The van der Waals surface area contributed by atoms with Gasteiger partial charge in [-0.3, -0.25) is 9.69 Å². The van der Waals surface area contributed by atoms with Gasteiger partial charge < -0.3 is 10.0 Å². The van der Waals surface area contributed by atoms with Gasteiger partial charge in [-0.1, -0.05) is 18.9 Å². The first kappa shape index (κ1) is 16.9. The van der Waals surface area contributed by atoms with E-state index in [4.69, 9.17) is 0 Å². The fourth-order valence-corrected chi connectivity index (χ4v) is 4.49. The van der Waals surface area contributed by atoms with Crippen molar-refractivity contribution in [3.8, 4) is 0 Å². The molecule has 0 unspecified atom stereocenters. The van der Waals surface area contributed by atoms with Gasteiger partial charge >= 0.3 is 0 Å². The number of likely N-dealkylation sites (tertiary alicyclic amines) is 2. The van der Waals surface area contributed by atoms with Crippen LogP contribution in [-0.4, -0.2) is 53.5 Å². The SMILES string of the molecule is O=C([C@@H]1CCCN(C[C@H](O)c2cccs2)C1)N1CCCCCC1. The van der Waals surface area contributed by atoms with Crippen LogP contribution in [0, 0.1) is 5.92 Å². The quantitative estimate of drug-likeness (QED) is 0.919. The van der Waals surface area contributed by atoms with Crippen molar-refractivity contribution in [2.75, 3.05) is 32.7 Å². The Labute approximate surface area is 143 Å². The first-order valence-electron chi connectivity index (χ1n) is 8.96. The minimum atomic E-state index is -0.429. The van der Waals surface area contributed by atoms with Gasteiger partial charge in [0.05, 0.1) is 5.92 Å². The van der Waals surface area contributed by atoms with Gasteiger partial charge in [0.2, 0.25) is 5.91 Å². The summed E-state index contributed by atoms with van der Waals surface area (Å²) in [7, 11) is 0. The van der Waals surface area contributed by atoms with E-state index >= 15 is 0 Å². The normalized spacial score (nSPS) is 25.1. The molecule has 1 N–H and O–H groups in total. The highest BCUT2D eigenvalue weighted by Gasteiger charge is 2.30. The number of nitrogens with zero attached hydrogens (tertiary/aromatic N) is 2. The van der Waals surface area contributed by atoms with Crippen LogP contribution in [0.1, 0.15) is 49.5 Å². The predicted octanol–water partition coefficient (Wildman–Crippen LogP) is 2.90. The summed E-state index contributed by atoms with van der Waals surface area (Å²) in [6, 6.07) is 3.96. The van der Waals surface area contributed by atoms with Crippen molar-refractivity contribution in [1.82, 2.24) is 9.80 Å². The molecule has 2 saturated heterocycles. The van der Waals surface area contributed by atoms with Crippen LogP contribution in [0.5, 0.6) is 0 Å². The summed E-state index contributed by atoms with van der Waals surface area (Å²) >= 11 is 1.60. The molecule has 1 aromatic heterocycles. The fourth-order valence-electron chi connectivity index (χ4n) is 3.79. The lowest BCUT2D eigenvalue weighted by Crippen LogP contribution is -2.46. The summed E-state index contributed by atoms with van der Waals surface area (Å²) in [6.45, 7) is 4.31. The third kappa shape index (κ3) is 4.55. The number of amides is 1. The smallest absolute Gasteiger partial charge is 0.226 e. The number of hydrogen-bond donors (Lipinski definition) is 1. The molecule has 0 spiro atoms. The zero-order valence-electron chi connectivity index (χ0n) is 13.8. The molecule has 3 rings (SSSR count). The van der Waals surface area contributed by atoms with Gasteiger partial charge in [0.15, 0.2) is 0 Å². The lowest BCUT2D eigenvalue weighted by molar-refractivity contribution is -0.137. The highest BCUT2D eigenvalue weighted by atomic mass is 32.1. The zero-order chi connectivity index (χ0) is 16.1. The molecule has 0 radical (unpaired) electrons. The second kappa shape index (κ2) is 8.27. The zero-order valence-corrected chi connectivity index (χ0v) is 14.6. The van der Waals surface area contributed by atoms with E-state index in [0.717, 1.165) is 56.7 Å². The molecule has 3 heterocycles. The van der Waals surface area contributed by atoms with E-state index in [1.54, 1.807) is 11.3 Å². The van der Waals surface area contributed by atoms with Crippen molar-refractivity contribution in [1.29, 1.82) is 0 Å². The standard InChI is InChI=1S/C18H28N2O2S/c21-16(17-8-6-12-23-17)14-19-9-5-7-15(13-19)18(22)20-10-3-1-2-4-11-20/h6,8,12,15-16,21H,1-5,7,9-11,13-14H2/t15-,16+/m1/s1. The van der Waals surface area contributed by atoms with Crippen LogP contribution in [0.4, 0.5) is 0 Å². The first-order chi connectivity index (χ1) is 11.2. The topological polar surface area (TPSA) is 43.8 Å². The Kier molecular flexibility index (Phi) is 6.08. The van der Waals surface area contributed by atoms with Gasteiger partial charge in [0.1, 0.15) is 6.10 Å². The van der Waals surface area contributed by atoms with Crippen LogP contribution < -0.4 is 0 Å². The number of hydrogen-bond acceptors (Lipinski definition) is 4. The lowest BCUT2D eigenvalue weighted by Gasteiger charge is -2.35. The Morgan fingerprint density at radius 3 is 2.70 bits per heavy atom. The predicted molar refractivity (Wildman–Crippen MR) is 93.5 cm³/mol. The monoisotopic (exact) mass is 336 g/mol. The van der Waals surface area contributed by atoms with Crippen molar-refractivity contribution < 1.29 is 9.90 Å². The highest BCUT2D eigenvalue weighted by molar-refractivity contribution is 7.10. The van der Waals surface area contributed by atoms with E-state index in [9.17, 15) is 9.90 Å². The largest absolute Gasteiger partial charge is 0.386 e. The molecule has 0 saturated carbocycles. The maximum atomic E-state index is 12.8. The van der Waals surface area contributed by atoms with Crippen LogP contribution in [0.2, 0.25) is 0 Å². The fraction of sp³-hybridized carbons (Fsp3) is 0.722. The van der Waals surface area contributed by atoms with Gasteiger partial charge in [-0.25, -0.2) is 0 Å². The van der Waals surface area contributed by atoms with Crippen LogP contribution in [0.25, 0.3) is 0 Å². The molecule has 2 aliphatic rings. The van der Waals surface area contributed by atoms with Crippen LogP contribution in [0.15, 0.2) is 17.5 Å². The van der Waals surface area contributed by atoms with Gasteiger partial charge in [-0.05, 0) is 43.7 Å². The average Bonchev–Trinajstić information content (AvgIpc) is 2.97. The third-order valence-electron chi connectivity index (χ3n) is 5.08. The molecule has 0 bridgehead atoms. The van der Waals surface area contributed by atoms with E-state index in [1.165, 1.54) is 12.8 Å². The number of rotatable bonds is 4. The number of β-amino-alcohol motifs (C(OH)–C–C–N with tert-alkyl or cyclic N) is 1. The maximum absolute atomic E-state index is 12.8. The van der Waals surface area contributed by atoms with E-state index < -0.39 is 6.10 Å². The third-order valence-corrected chi connectivity index (χ3v) is 6.05. The first-order valence-corrected chi connectivity index (χ1v) is 9.84. The van der Waals surface area contributed by atoms with Gasteiger partial charge in [-0.15, -0.1) is 11.3 Å². The van der Waals surface area contributed by atoms with Crippen LogP contribution in [-0.2, 0) is 4.79 Å². The molecular weight excluding hydrogens is 308 g/mol. The molecule has 2 atom stereocenters. The Morgan fingerprint density at radius 1 is 1.22 bits per heavy atom. The van der Waals surface area contributed by atoms with Crippen molar-refractivity contribution in [3.05, 3.63) is 22.4 Å². The highest BCUT2D eigenvalue weighted by Crippen LogP contribution is 2.25. The second-order valence-corrected chi connectivity index (χ2v) is 7.85. The van der Waals surface area contributed by atoms with E-state index in [1.807, 2.05) is 17.5 Å². The Hall–Kier alpha value is -0.910. The molecule has 0 aromatic carbocycles. The average molecular weight is 337 g/mol. The van der Waals surface area contributed by atoms with Crippen molar-refractivity contribution in [3.63, 3.8) is 0 Å². The minimum absolute atomic E-state index is 0.123. The molecule has 0 aliphatic carbocycles. The number of aliphatic hydroxyl groups excluding tert-OH is 1. The molecule has 5 heteroatoms. The van der Waals surface area contributed by atoms with Gasteiger partial charge in [0.25, 0.3) is 0 Å². The Balaban J connectivity index is 1.54. The van der Waals surface area contributed by atoms with Gasteiger partial charge in [-0.2, -0.15) is 0 Å². The minimum Gasteiger partial charge on any atom is -0.386 e. The maximum Gasteiger partial charge on any atom is 0.226 e. The van der Waals surface area contributed by atoms with Crippen molar-refractivity contribution in [2.24, 2.45) is 5.92 Å². The van der Waals surface area contributed by atoms with E-state index in [0.29, 0.717) is 12.5 Å². The summed E-state index contributed by atoms with van der Waals surface area (Å²) < 4.78 is 0. The number of thiophene rings is 1.